The largest absolute Gasteiger partial charge is 0.352 e. The van der Waals surface area contributed by atoms with E-state index in [0.717, 1.165) is 5.56 Å². The summed E-state index contributed by atoms with van der Waals surface area (Å²) in [5, 5.41) is 2.62. The Kier molecular flexibility index (Phi) is 4.88. The summed E-state index contributed by atoms with van der Waals surface area (Å²) in [7, 11) is -6.88. The summed E-state index contributed by atoms with van der Waals surface area (Å²) >= 11 is 0. The monoisotopic (exact) mass is 346 g/mol. The van der Waals surface area contributed by atoms with Crippen molar-refractivity contribution in [2.45, 2.75) is 30.8 Å². The van der Waals surface area contributed by atoms with E-state index in [2.05, 4.69) is 10.0 Å². The van der Waals surface area contributed by atoms with E-state index in [4.69, 9.17) is 0 Å². The first-order valence-corrected chi connectivity index (χ1v) is 10.0. The highest BCUT2D eigenvalue weighted by Gasteiger charge is 2.31. The number of sulfonamides is 1. The van der Waals surface area contributed by atoms with Crippen molar-refractivity contribution in [3.63, 3.8) is 0 Å². The number of sulfone groups is 1. The van der Waals surface area contributed by atoms with Crippen LogP contribution in [0.3, 0.4) is 0 Å². The van der Waals surface area contributed by atoms with Gasteiger partial charge in [0.25, 0.3) is 0 Å². The molecular formula is C13H18N2O5S2. The van der Waals surface area contributed by atoms with Gasteiger partial charge in [0.05, 0.1) is 16.4 Å². The molecule has 1 aliphatic heterocycles. The summed E-state index contributed by atoms with van der Waals surface area (Å²) in [5.74, 6) is -0.316. The standard InChI is InChI=1S/C13H18N2O5S2/c1-10(16)14-8-11-2-4-13(5-3-11)22(19,20)15-12-6-7-21(17,18)9-12/h2-5,12,15H,6-9H2,1H3,(H,14,16)/t12-/m1/s1. The van der Waals surface area contributed by atoms with Crippen LogP contribution in [-0.4, -0.2) is 40.3 Å². The average molecular weight is 346 g/mol. The molecule has 0 unspecified atom stereocenters. The van der Waals surface area contributed by atoms with E-state index in [0.29, 0.717) is 13.0 Å². The molecule has 122 valence electrons. The van der Waals surface area contributed by atoms with Gasteiger partial charge in [0.15, 0.2) is 9.84 Å². The number of rotatable bonds is 5. The molecule has 1 aliphatic rings. The van der Waals surface area contributed by atoms with Gasteiger partial charge in [-0.05, 0) is 24.1 Å². The van der Waals surface area contributed by atoms with Crippen molar-refractivity contribution >= 4 is 25.8 Å². The molecule has 2 N–H and O–H groups in total. The fourth-order valence-corrected chi connectivity index (χ4v) is 5.24. The van der Waals surface area contributed by atoms with Crippen LogP contribution in [0.5, 0.6) is 0 Å². The number of hydrogen-bond donors (Lipinski definition) is 2. The molecule has 1 fully saturated rings. The third-order valence-corrected chi connectivity index (χ3v) is 6.63. The molecule has 0 spiro atoms. The van der Waals surface area contributed by atoms with E-state index in [9.17, 15) is 21.6 Å². The van der Waals surface area contributed by atoms with E-state index in [1.165, 1.54) is 19.1 Å². The quantitative estimate of drug-likeness (QED) is 0.766. The van der Waals surface area contributed by atoms with Gasteiger partial charge in [-0.3, -0.25) is 4.79 Å². The summed E-state index contributed by atoms with van der Waals surface area (Å²) in [4.78, 5) is 10.9. The average Bonchev–Trinajstić information content (AvgIpc) is 2.75. The number of nitrogens with one attached hydrogen (secondary N) is 2. The van der Waals surface area contributed by atoms with E-state index in [1.54, 1.807) is 12.1 Å². The Morgan fingerprint density at radius 2 is 1.91 bits per heavy atom. The smallest absolute Gasteiger partial charge is 0.240 e. The molecule has 9 heteroatoms. The lowest BCUT2D eigenvalue weighted by atomic mass is 10.2. The summed E-state index contributed by atoms with van der Waals surface area (Å²) in [6.07, 6.45) is 0.294. The number of carbonyl (C=O) groups excluding carboxylic acids is 1. The number of benzene rings is 1. The molecule has 0 aromatic heterocycles. The number of amides is 1. The molecule has 0 saturated carbocycles. The molecule has 22 heavy (non-hydrogen) atoms. The van der Waals surface area contributed by atoms with Crippen molar-refractivity contribution in [1.82, 2.24) is 10.0 Å². The Bertz CT molecular complexity index is 754. The van der Waals surface area contributed by atoms with Gasteiger partial charge in [0.2, 0.25) is 15.9 Å². The Morgan fingerprint density at radius 1 is 1.27 bits per heavy atom. The molecule has 0 aliphatic carbocycles. The summed E-state index contributed by atoms with van der Waals surface area (Å²) < 4.78 is 49.6. The van der Waals surface area contributed by atoms with Crippen LogP contribution in [0.25, 0.3) is 0 Å². The normalized spacial score (nSPS) is 20.7. The van der Waals surface area contributed by atoms with Gasteiger partial charge in [-0.2, -0.15) is 0 Å². The van der Waals surface area contributed by atoms with Crippen molar-refractivity contribution in [2.24, 2.45) is 0 Å². The van der Waals surface area contributed by atoms with Gasteiger partial charge in [0.1, 0.15) is 0 Å². The molecule has 0 radical (unpaired) electrons. The fourth-order valence-electron chi connectivity index (χ4n) is 2.19. The van der Waals surface area contributed by atoms with E-state index in [-0.39, 0.29) is 22.3 Å². The van der Waals surface area contributed by atoms with Crippen LogP contribution in [0.15, 0.2) is 29.2 Å². The van der Waals surface area contributed by atoms with Gasteiger partial charge >= 0.3 is 0 Å². The molecule has 1 saturated heterocycles. The molecule has 2 rings (SSSR count). The molecule has 1 aromatic carbocycles. The van der Waals surface area contributed by atoms with Crippen LogP contribution >= 0.6 is 0 Å². The van der Waals surface area contributed by atoms with Crippen LogP contribution in [0.1, 0.15) is 18.9 Å². The lowest BCUT2D eigenvalue weighted by molar-refractivity contribution is -0.119. The van der Waals surface area contributed by atoms with Crippen LogP contribution in [0.2, 0.25) is 0 Å². The van der Waals surface area contributed by atoms with Crippen molar-refractivity contribution in [2.75, 3.05) is 11.5 Å². The van der Waals surface area contributed by atoms with Gasteiger partial charge in [-0.25, -0.2) is 21.6 Å². The minimum atomic E-state index is -3.74. The second kappa shape index (κ2) is 6.35. The van der Waals surface area contributed by atoms with Crippen molar-refractivity contribution in [1.29, 1.82) is 0 Å². The highest BCUT2D eigenvalue weighted by molar-refractivity contribution is 7.92. The minimum absolute atomic E-state index is 0.00976. The molecule has 1 atom stereocenters. The molecular weight excluding hydrogens is 328 g/mol. The maximum atomic E-state index is 12.2. The topological polar surface area (TPSA) is 109 Å². The van der Waals surface area contributed by atoms with E-state index >= 15 is 0 Å². The molecule has 0 bridgehead atoms. The first-order valence-electron chi connectivity index (χ1n) is 6.74. The molecule has 7 nitrogen and oxygen atoms in total. The molecule has 1 amide bonds. The van der Waals surface area contributed by atoms with Gasteiger partial charge in [0, 0.05) is 19.5 Å². The SMILES string of the molecule is CC(=O)NCc1ccc(S(=O)(=O)N[C@@H]2CCS(=O)(=O)C2)cc1. The second-order valence-electron chi connectivity index (χ2n) is 5.27. The Morgan fingerprint density at radius 3 is 2.41 bits per heavy atom. The fraction of sp³-hybridized carbons (Fsp3) is 0.462. The highest BCUT2D eigenvalue weighted by Crippen LogP contribution is 2.16. The minimum Gasteiger partial charge on any atom is -0.352 e. The van der Waals surface area contributed by atoms with Gasteiger partial charge in [-0.15, -0.1) is 0 Å². The zero-order valence-electron chi connectivity index (χ0n) is 12.1. The third kappa shape index (κ3) is 4.52. The van der Waals surface area contributed by atoms with E-state index in [1.807, 2.05) is 0 Å². The maximum absolute atomic E-state index is 12.2. The first-order chi connectivity index (χ1) is 10.2. The van der Waals surface area contributed by atoms with Crippen LogP contribution in [0.4, 0.5) is 0 Å². The lowest BCUT2D eigenvalue weighted by Crippen LogP contribution is -2.35. The third-order valence-electron chi connectivity index (χ3n) is 3.33. The summed E-state index contributed by atoms with van der Waals surface area (Å²) in [6, 6.07) is 5.51. The Labute approximate surface area is 130 Å². The maximum Gasteiger partial charge on any atom is 0.240 e. The lowest BCUT2D eigenvalue weighted by Gasteiger charge is -2.12. The number of hydrogen-bond acceptors (Lipinski definition) is 5. The molecule has 1 aromatic rings. The van der Waals surface area contributed by atoms with Gasteiger partial charge in [-0.1, -0.05) is 12.1 Å². The van der Waals surface area contributed by atoms with Gasteiger partial charge < -0.3 is 5.32 Å². The highest BCUT2D eigenvalue weighted by atomic mass is 32.2. The van der Waals surface area contributed by atoms with Crippen molar-refractivity contribution in [3.8, 4) is 0 Å². The molecule has 1 heterocycles. The predicted octanol–water partition coefficient (Wildman–Crippen LogP) is -0.212. The van der Waals surface area contributed by atoms with Crippen molar-refractivity contribution < 1.29 is 21.6 Å². The summed E-state index contributed by atoms with van der Waals surface area (Å²) in [5.41, 5.74) is 0.776. The second-order valence-corrected chi connectivity index (χ2v) is 9.22. The summed E-state index contributed by atoms with van der Waals surface area (Å²) in [6.45, 7) is 1.72. The zero-order chi connectivity index (χ0) is 16.4. The van der Waals surface area contributed by atoms with Crippen LogP contribution < -0.4 is 10.0 Å². The Balaban J connectivity index is 2.05. The van der Waals surface area contributed by atoms with Crippen molar-refractivity contribution in [3.05, 3.63) is 29.8 Å². The predicted molar refractivity (Wildman–Crippen MR) is 81.3 cm³/mol. The van der Waals surface area contributed by atoms with E-state index < -0.39 is 25.9 Å². The van der Waals surface area contributed by atoms with Crippen LogP contribution in [-0.2, 0) is 31.2 Å². The zero-order valence-corrected chi connectivity index (χ0v) is 13.7. The first kappa shape index (κ1) is 16.9. The number of carbonyl (C=O) groups is 1. The Hall–Kier alpha value is -1.45. The van der Waals surface area contributed by atoms with Crippen LogP contribution in [0, 0.1) is 0 Å².